The van der Waals surface area contributed by atoms with Gasteiger partial charge in [-0.3, -0.25) is 14.5 Å². The van der Waals surface area contributed by atoms with E-state index in [-0.39, 0.29) is 11.5 Å². The van der Waals surface area contributed by atoms with E-state index in [9.17, 15) is 9.59 Å². The Hall–Kier alpha value is -2.71. The fourth-order valence-electron chi connectivity index (χ4n) is 4.02. The molecule has 30 heavy (non-hydrogen) atoms. The summed E-state index contributed by atoms with van der Waals surface area (Å²) in [5.41, 5.74) is 2.83. The van der Waals surface area contributed by atoms with Crippen LogP contribution in [0.3, 0.4) is 0 Å². The molecule has 2 aromatic heterocycles. The molecule has 1 saturated heterocycles. The maximum atomic E-state index is 11.9. The van der Waals surface area contributed by atoms with Gasteiger partial charge in [-0.1, -0.05) is 17.7 Å². The highest BCUT2D eigenvalue weighted by atomic mass is 35.5. The first-order valence-corrected chi connectivity index (χ1v) is 10.5. The van der Waals surface area contributed by atoms with E-state index in [1.54, 1.807) is 26.2 Å². The van der Waals surface area contributed by atoms with Crippen LogP contribution in [0, 0.1) is 6.92 Å². The molecule has 0 spiro atoms. The highest BCUT2D eigenvalue weighted by Crippen LogP contribution is 2.30. The lowest BCUT2D eigenvalue weighted by molar-refractivity contribution is 0.0958. The molecule has 2 N–H and O–H groups in total. The summed E-state index contributed by atoms with van der Waals surface area (Å²) in [5, 5.41) is 2.90. The van der Waals surface area contributed by atoms with Crippen LogP contribution < -0.4 is 15.8 Å². The molecule has 1 fully saturated rings. The Morgan fingerprint density at radius 2 is 2.03 bits per heavy atom. The summed E-state index contributed by atoms with van der Waals surface area (Å²) < 4.78 is 0. The van der Waals surface area contributed by atoms with E-state index in [0.717, 1.165) is 50.3 Å². The van der Waals surface area contributed by atoms with Gasteiger partial charge >= 0.3 is 0 Å². The number of rotatable bonds is 4. The molecule has 1 aliphatic carbocycles. The van der Waals surface area contributed by atoms with Gasteiger partial charge in [0.05, 0.1) is 5.69 Å². The molecular formula is C21H25ClN6O2. The van der Waals surface area contributed by atoms with Crippen LogP contribution >= 0.6 is 11.6 Å². The number of amides is 1. The summed E-state index contributed by atoms with van der Waals surface area (Å²) in [4.78, 5) is 39.8. The SMILES string of the molecule is CNC(=O)c1ccc(N2CCN(C3C=C(c4ncc(C)c(=O)[nH]4)CC3)CC2)c(Cl)n1. The first kappa shape index (κ1) is 20.6. The second-order valence-electron chi connectivity index (χ2n) is 7.65. The topological polar surface area (TPSA) is 94.2 Å². The predicted octanol–water partition coefficient (Wildman–Crippen LogP) is 1.85. The van der Waals surface area contributed by atoms with Crippen molar-refractivity contribution in [3.8, 4) is 0 Å². The molecule has 1 amide bonds. The number of aromatic nitrogens is 3. The molecule has 1 aliphatic heterocycles. The predicted molar refractivity (Wildman–Crippen MR) is 117 cm³/mol. The van der Waals surface area contributed by atoms with Gasteiger partial charge in [0, 0.05) is 51.0 Å². The van der Waals surface area contributed by atoms with E-state index >= 15 is 0 Å². The molecule has 2 aliphatic rings. The number of nitrogens with one attached hydrogen (secondary N) is 2. The number of halogens is 1. The van der Waals surface area contributed by atoms with Crippen LogP contribution in [-0.2, 0) is 0 Å². The largest absolute Gasteiger partial charge is 0.366 e. The van der Waals surface area contributed by atoms with Gasteiger partial charge in [0.1, 0.15) is 11.5 Å². The molecule has 0 radical (unpaired) electrons. The Morgan fingerprint density at radius 1 is 1.27 bits per heavy atom. The van der Waals surface area contributed by atoms with Gasteiger partial charge < -0.3 is 15.2 Å². The number of pyridine rings is 1. The van der Waals surface area contributed by atoms with Crippen molar-refractivity contribution in [1.29, 1.82) is 0 Å². The number of carbonyl (C=O) groups is 1. The van der Waals surface area contributed by atoms with Gasteiger partial charge in [0.25, 0.3) is 11.5 Å². The number of piperazine rings is 1. The van der Waals surface area contributed by atoms with Crippen LogP contribution in [0.5, 0.6) is 0 Å². The molecule has 1 unspecified atom stereocenters. The van der Waals surface area contributed by atoms with Crippen molar-refractivity contribution in [3.05, 3.63) is 57.0 Å². The number of hydrogen-bond acceptors (Lipinski definition) is 6. The fraction of sp³-hybridized carbons (Fsp3) is 0.429. The minimum absolute atomic E-state index is 0.0779. The number of carbonyl (C=O) groups excluding carboxylic acids is 1. The Bertz CT molecular complexity index is 1040. The van der Waals surface area contributed by atoms with Crippen molar-refractivity contribution in [3.63, 3.8) is 0 Å². The molecule has 1 atom stereocenters. The third-order valence-electron chi connectivity index (χ3n) is 5.80. The lowest BCUT2D eigenvalue weighted by atomic mass is 10.2. The van der Waals surface area contributed by atoms with Crippen LogP contribution in [0.2, 0.25) is 5.15 Å². The van der Waals surface area contributed by atoms with Crippen molar-refractivity contribution in [2.75, 3.05) is 38.1 Å². The zero-order valence-corrected chi connectivity index (χ0v) is 17.9. The van der Waals surface area contributed by atoms with E-state index < -0.39 is 0 Å². The lowest BCUT2D eigenvalue weighted by Crippen LogP contribution is -2.49. The molecule has 4 rings (SSSR count). The number of aromatic amines is 1. The third-order valence-corrected chi connectivity index (χ3v) is 6.08. The number of hydrogen-bond donors (Lipinski definition) is 2. The van der Waals surface area contributed by atoms with Gasteiger partial charge in [-0.15, -0.1) is 0 Å². The molecule has 0 bridgehead atoms. The van der Waals surface area contributed by atoms with Gasteiger partial charge in [-0.25, -0.2) is 9.97 Å². The monoisotopic (exact) mass is 428 g/mol. The fourth-order valence-corrected chi connectivity index (χ4v) is 4.29. The minimum Gasteiger partial charge on any atom is -0.366 e. The summed E-state index contributed by atoms with van der Waals surface area (Å²) in [7, 11) is 1.57. The summed E-state index contributed by atoms with van der Waals surface area (Å²) in [6.45, 7) is 5.23. The highest BCUT2D eigenvalue weighted by Gasteiger charge is 2.28. The van der Waals surface area contributed by atoms with Gasteiger partial charge in [0.2, 0.25) is 0 Å². The van der Waals surface area contributed by atoms with Crippen molar-refractivity contribution >= 4 is 28.8 Å². The van der Waals surface area contributed by atoms with Crippen LogP contribution in [0.25, 0.3) is 5.57 Å². The molecule has 8 nitrogen and oxygen atoms in total. The maximum absolute atomic E-state index is 11.9. The van der Waals surface area contributed by atoms with Crippen molar-refractivity contribution in [1.82, 2.24) is 25.2 Å². The third kappa shape index (κ3) is 4.11. The maximum Gasteiger partial charge on any atom is 0.269 e. The molecule has 2 aromatic rings. The van der Waals surface area contributed by atoms with E-state index in [4.69, 9.17) is 11.6 Å². The Kier molecular flexibility index (Phi) is 5.87. The Morgan fingerprint density at radius 3 is 2.70 bits per heavy atom. The minimum atomic E-state index is -0.249. The lowest BCUT2D eigenvalue weighted by Gasteiger charge is -2.38. The van der Waals surface area contributed by atoms with E-state index in [1.165, 1.54) is 0 Å². The van der Waals surface area contributed by atoms with Crippen molar-refractivity contribution < 1.29 is 4.79 Å². The smallest absolute Gasteiger partial charge is 0.269 e. The van der Waals surface area contributed by atoms with Gasteiger partial charge in [-0.05, 0) is 37.5 Å². The van der Waals surface area contributed by atoms with Crippen LogP contribution in [-0.4, -0.2) is 65.0 Å². The Labute approximate surface area is 180 Å². The standard InChI is InChI=1S/C21H25ClN6O2/c1-13-12-24-19(26-20(13)29)14-3-4-15(11-14)27-7-9-28(10-8-27)17-6-5-16(21(30)23-2)25-18(17)22/h5-6,11-12,15H,3-4,7-10H2,1-2H3,(H,23,30)(H,24,26,29). The summed E-state index contributed by atoms with van der Waals surface area (Å²) >= 11 is 6.35. The zero-order chi connectivity index (χ0) is 21.3. The molecule has 0 saturated carbocycles. The van der Waals surface area contributed by atoms with Crippen LogP contribution in [0.1, 0.15) is 34.7 Å². The van der Waals surface area contributed by atoms with Gasteiger partial charge in [-0.2, -0.15) is 0 Å². The molecule has 9 heteroatoms. The second kappa shape index (κ2) is 8.57. The number of allylic oxidation sites excluding steroid dienone is 1. The number of aryl methyl sites for hydroxylation is 1. The Balaban J connectivity index is 1.40. The van der Waals surface area contributed by atoms with Crippen molar-refractivity contribution in [2.45, 2.75) is 25.8 Å². The number of anilines is 1. The van der Waals surface area contributed by atoms with E-state index in [2.05, 4.69) is 36.1 Å². The summed E-state index contributed by atoms with van der Waals surface area (Å²) in [5.74, 6) is 0.433. The first-order valence-electron chi connectivity index (χ1n) is 10.1. The molecule has 158 valence electrons. The number of H-pyrrole nitrogens is 1. The molecule has 3 heterocycles. The quantitative estimate of drug-likeness (QED) is 0.722. The average Bonchev–Trinajstić information content (AvgIpc) is 3.25. The van der Waals surface area contributed by atoms with Crippen molar-refractivity contribution in [2.24, 2.45) is 0 Å². The summed E-state index contributed by atoms with van der Waals surface area (Å²) in [6, 6.07) is 3.91. The van der Waals surface area contributed by atoms with Gasteiger partial charge in [0.15, 0.2) is 5.15 Å². The van der Waals surface area contributed by atoms with Crippen LogP contribution in [0.4, 0.5) is 5.69 Å². The zero-order valence-electron chi connectivity index (χ0n) is 17.1. The normalized spacial score (nSPS) is 19.6. The second-order valence-corrected chi connectivity index (χ2v) is 8.01. The van der Waals surface area contributed by atoms with E-state index in [0.29, 0.717) is 28.3 Å². The highest BCUT2D eigenvalue weighted by molar-refractivity contribution is 6.32. The summed E-state index contributed by atoms with van der Waals surface area (Å²) in [6.07, 6.45) is 5.80. The average molecular weight is 429 g/mol. The van der Waals surface area contributed by atoms with E-state index in [1.807, 2.05) is 6.07 Å². The number of nitrogens with zero attached hydrogens (tertiary/aromatic N) is 4. The molecule has 0 aromatic carbocycles. The van der Waals surface area contributed by atoms with Crippen LogP contribution in [0.15, 0.2) is 29.2 Å². The molecular weight excluding hydrogens is 404 g/mol. The first-order chi connectivity index (χ1) is 14.5.